The number of carbonyl (C=O) groups is 1. The van der Waals surface area contributed by atoms with Crippen LogP contribution in [0.25, 0.3) is 0 Å². The van der Waals surface area contributed by atoms with E-state index in [9.17, 15) is 4.79 Å². The van der Waals surface area contributed by atoms with Gasteiger partial charge in [0.05, 0.1) is 13.2 Å². The largest absolute Gasteiger partial charge is 0.379 e. The highest BCUT2D eigenvalue weighted by atomic mass is 16.5. The quantitative estimate of drug-likeness (QED) is 0.265. The minimum absolute atomic E-state index is 0.0463. The van der Waals surface area contributed by atoms with Crippen molar-refractivity contribution in [3.05, 3.63) is 0 Å². The van der Waals surface area contributed by atoms with Gasteiger partial charge in [-0.3, -0.25) is 0 Å². The van der Waals surface area contributed by atoms with Gasteiger partial charge in [-0.1, -0.05) is 103 Å². The molecular formula is C31H65N5O2. The zero-order valence-corrected chi connectivity index (χ0v) is 25.0. The lowest BCUT2D eigenvalue weighted by atomic mass is 10.0. The molecule has 7 heteroatoms. The first-order valence-electron chi connectivity index (χ1n) is 16.6. The molecule has 4 heterocycles. The molecule has 3 saturated carbocycles. The molecule has 0 radical (unpaired) electrons. The third-order valence-corrected chi connectivity index (χ3v) is 7.06. The highest BCUT2D eigenvalue weighted by molar-refractivity contribution is 5.75. The normalized spacial score (nSPS) is 23.3. The molecule has 4 aliphatic heterocycles. The molecule has 3 aliphatic carbocycles. The van der Waals surface area contributed by atoms with Gasteiger partial charge in [-0.05, 0) is 51.9 Å². The summed E-state index contributed by atoms with van der Waals surface area (Å²) < 4.78 is 5.01. The number of nitrogens with one attached hydrogen (secondary N) is 5. The lowest BCUT2D eigenvalue weighted by molar-refractivity contribution is 0.109. The van der Waals surface area contributed by atoms with Crippen LogP contribution in [0.1, 0.15) is 128 Å². The summed E-state index contributed by atoms with van der Waals surface area (Å²) in [6, 6.07) is -0.0463. The SMILES string of the molecule is C1CC1.C1CCCC1.C1CCCCC1.C1CCNCC1.C1CCNCC1.C1COCCN1.O=C1NCCN1. The van der Waals surface area contributed by atoms with Gasteiger partial charge in [0.25, 0.3) is 0 Å². The maximum absolute atomic E-state index is 10.0. The molecule has 0 aromatic heterocycles. The monoisotopic (exact) mass is 540 g/mol. The van der Waals surface area contributed by atoms with E-state index in [-0.39, 0.29) is 6.03 Å². The average molecular weight is 540 g/mol. The zero-order chi connectivity index (χ0) is 27.0. The van der Waals surface area contributed by atoms with Gasteiger partial charge in [0.1, 0.15) is 0 Å². The molecule has 0 bridgehead atoms. The van der Waals surface area contributed by atoms with Gasteiger partial charge in [0, 0.05) is 26.2 Å². The summed E-state index contributed by atoms with van der Waals surface area (Å²) in [6.07, 6.45) is 29.4. The number of piperidine rings is 2. The van der Waals surface area contributed by atoms with E-state index in [2.05, 4.69) is 26.6 Å². The first-order valence-corrected chi connectivity index (χ1v) is 16.6. The lowest BCUT2D eigenvalue weighted by Gasteiger charge is -2.10. The molecule has 2 amide bonds. The Kier molecular flexibility index (Phi) is 28.3. The molecule has 7 rings (SSSR count). The maximum atomic E-state index is 10.0. The highest BCUT2D eigenvalue weighted by Crippen LogP contribution is 2.16. The van der Waals surface area contributed by atoms with Crippen molar-refractivity contribution in [1.29, 1.82) is 0 Å². The van der Waals surface area contributed by atoms with Crippen molar-refractivity contribution >= 4 is 6.03 Å². The van der Waals surface area contributed by atoms with Crippen LogP contribution in [0.5, 0.6) is 0 Å². The van der Waals surface area contributed by atoms with Gasteiger partial charge in [0.15, 0.2) is 0 Å². The lowest BCUT2D eigenvalue weighted by Crippen LogP contribution is -2.30. The summed E-state index contributed by atoms with van der Waals surface area (Å²) in [4.78, 5) is 10.0. The summed E-state index contributed by atoms with van der Waals surface area (Å²) in [5.74, 6) is 0. The number of hydrogen-bond acceptors (Lipinski definition) is 5. The second-order valence-electron chi connectivity index (χ2n) is 11.1. The van der Waals surface area contributed by atoms with E-state index in [1.165, 1.54) is 155 Å². The Bertz CT molecular complexity index is 347. The Morgan fingerprint density at radius 2 is 0.605 bits per heavy atom. The minimum atomic E-state index is -0.0463. The molecule has 0 aromatic carbocycles. The van der Waals surface area contributed by atoms with E-state index in [0.717, 1.165) is 39.4 Å². The number of amides is 2. The molecular weight excluding hydrogens is 474 g/mol. The second-order valence-corrected chi connectivity index (χ2v) is 11.1. The molecule has 7 aliphatic rings. The van der Waals surface area contributed by atoms with Gasteiger partial charge in [0.2, 0.25) is 0 Å². The first kappa shape index (κ1) is 35.1. The molecule has 0 atom stereocenters. The van der Waals surface area contributed by atoms with Crippen LogP contribution >= 0.6 is 0 Å². The fraction of sp³-hybridized carbons (Fsp3) is 0.968. The fourth-order valence-electron chi connectivity index (χ4n) is 4.48. The smallest absolute Gasteiger partial charge is 0.314 e. The number of hydrogen-bond donors (Lipinski definition) is 5. The predicted octanol–water partition coefficient (Wildman–Crippen LogP) is 5.89. The molecule has 226 valence electrons. The van der Waals surface area contributed by atoms with Gasteiger partial charge in [-0.2, -0.15) is 0 Å². The van der Waals surface area contributed by atoms with E-state index in [1.54, 1.807) is 0 Å². The zero-order valence-electron chi connectivity index (χ0n) is 25.0. The topological polar surface area (TPSA) is 86.5 Å². The van der Waals surface area contributed by atoms with E-state index in [0.29, 0.717) is 0 Å². The van der Waals surface area contributed by atoms with Crippen LogP contribution in [-0.2, 0) is 4.74 Å². The van der Waals surface area contributed by atoms with Crippen molar-refractivity contribution in [3.8, 4) is 0 Å². The molecule has 5 N–H and O–H groups in total. The summed E-state index contributed by atoms with van der Waals surface area (Å²) in [6.45, 7) is 10.4. The average Bonchev–Trinajstić information content (AvgIpc) is 3.60. The van der Waals surface area contributed by atoms with Crippen molar-refractivity contribution in [2.45, 2.75) is 128 Å². The number of morpholine rings is 1. The minimum Gasteiger partial charge on any atom is -0.379 e. The van der Waals surface area contributed by atoms with E-state index in [4.69, 9.17) is 4.74 Å². The summed E-state index contributed by atoms with van der Waals surface area (Å²) >= 11 is 0. The predicted molar refractivity (Wildman–Crippen MR) is 163 cm³/mol. The fourth-order valence-corrected chi connectivity index (χ4v) is 4.48. The van der Waals surface area contributed by atoms with Crippen LogP contribution < -0.4 is 26.6 Å². The van der Waals surface area contributed by atoms with Crippen molar-refractivity contribution in [2.24, 2.45) is 0 Å². The third kappa shape index (κ3) is 31.3. The van der Waals surface area contributed by atoms with Crippen molar-refractivity contribution in [1.82, 2.24) is 26.6 Å². The van der Waals surface area contributed by atoms with Crippen molar-refractivity contribution in [3.63, 3.8) is 0 Å². The highest BCUT2D eigenvalue weighted by Gasteiger charge is 2.03. The maximum Gasteiger partial charge on any atom is 0.314 e. The Labute approximate surface area is 236 Å². The van der Waals surface area contributed by atoms with Gasteiger partial charge >= 0.3 is 6.03 Å². The third-order valence-electron chi connectivity index (χ3n) is 7.06. The molecule has 38 heavy (non-hydrogen) atoms. The van der Waals surface area contributed by atoms with Crippen LogP contribution in [0.4, 0.5) is 4.79 Å². The molecule has 7 nitrogen and oxygen atoms in total. The number of urea groups is 1. The van der Waals surface area contributed by atoms with E-state index in [1.807, 2.05) is 0 Å². The first-order chi connectivity index (χ1) is 18.9. The van der Waals surface area contributed by atoms with E-state index < -0.39 is 0 Å². The second kappa shape index (κ2) is 30.6. The van der Waals surface area contributed by atoms with Gasteiger partial charge in [-0.15, -0.1) is 0 Å². The van der Waals surface area contributed by atoms with Gasteiger partial charge in [-0.25, -0.2) is 4.79 Å². The summed E-state index contributed by atoms with van der Waals surface area (Å²) in [5.41, 5.74) is 0. The van der Waals surface area contributed by atoms with Crippen molar-refractivity contribution in [2.75, 3.05) is 65.6 Å². The Morgan fingerprint density at radius 1 is 0.342 bits per heavy atom. The Hall–Kier alpha value is -0.890. The molecule has 7 fully saturated rings. The van der Waals surface area contributed by atoms with E-state index >= 15 is 0 Å². The van der Waals surface area contributed by atoms with Crippen LogP contribution in [0.3, 0.4) is 0 Å². The van der Waals surface area contributed by atoms with Crippen LogP contribution in [0.15, 0.2) is 0 Å². The molecule has 4 saturated heterocycles. The van der Waals surface area contributed by atoms with Crippen LogP contribution in [0, 0.1) is 0 Å². The Morgan fingerprint density at radius 3 is 0.711 bits per heavy atom. The standard InChI is InChI=1S/C6H12.2C5H11N.C5H10.C4H9NO.C3H6N2O.C3H6/c3*1-2-4-6-5-3-1;1-2-4-5-3-1;1-3-6-4-2-5-1;6-3-4-1-2-5-3;1-2-3-1/h1-6H2;2*6H,1-5H2;1-5H2;5H,1-4H2;1-2H2,(H2,4,5,6);1-3H2. The summed E-state index contributed by atoms with van der Waals surface area (Å²) in [5, 5.41) is 14.9. The Balaban J connectivity index is 0.000000223. The molecule has 0 spiro atoms. The number of ether oxygens (including phenoxy) is 1. The molecule has 0 aromatic rings. The summed E-state index contributed by atoms with van der Waals surface area (Å²) in [7, 11) is 0. The van der Waals surface area contributed by atoms with Crippen molar-refractivity contribution < 1.29 is 9.53 Å². The number of rotatable bonds is 0. The van der Waals surface area contributed by atoms with Crippen LogP contribution in [-0.4, -0.2) is 71.6 Å². The number of carbonyl (C=O) groups excluding carboxylic acids is 1. The van der Waals surface area contributed by atoms with Crippen LogP contribution in [0.2, 0.25) is 0 Å². The van der Waals surface area contributed by atoms with Gasteiger partial charge < -0.3 is 31.3 Å². The molecule has 0 unspecified atom stereocenters.